The minimum atomic E-state index is -2.47. The van der Waals surface area contributed by atoms with E-state index in [1.54, 1.807) is 6.20 Å². The first-order chi connectivity index (χ1) is 15.0. The number of hydrogen-bond donors (Lipinski definition) is 0. The Labute approximate surface area is 179 Å². The van der Waals surface area contributed by atoms with E-state index in [1.807, 2.05) is 12.4 Å². The van der Waals surface area contributed by atoms with Gasteiger partial charge in [0.15, 0.2) is 5.65 Å². The zero-order valence-electron chi connectivity index (χ0n) is 17.6. The number of aryl methyl sites for hydroxylation is 1. The van der Waals surface area contributed by atoms with Gasteiger partial charge in [-0.05, 0) is 24.7 Å². The summed E-state index contributed by atoms with van der Waals surface area (Å²) in [5, 5.41) is 4.00. The molecule has 31 heavy (non-hydrogen) atoms. The highest BCUT2D eigenvalue weighted by Crippen LogP contribution is 2.42. The van der Waals surface area contributed by atoms with E-state index in [0.29, 0.717) is 11.2 Å². The normalized spacial score (nSPS) is 18.6. The lowest BCUT2D eigenvalue weighted by atomic mass is 9.78. The number of halogens is 2. The SMILES string of the molecule is CCc1ncc(N2CCC3(CCN(c4cnc5cnn(CC(F)F)c5n4)CC3)C2)cn1. The van der Waals surface area contributed by atoms with Gasteiger partial charge in [-0.2, -0.15) is 5.10 Å². The summed E-state index contributed by atoms with van der Waals surface area (Å²) in [5.41, 5.74) is 2.34. The lowest BCUT2D eigenvalue weighted by Crippen LogP contribution is -2.42. The van der Waals surface area contributed by atoms with Crippen molar-refractivity contribution >= 4 is 22.7 Å². The Morgan fingerprint density at radius 1 is 0.968 bits per heavy atom. The van der Waals surface area contributed by atoms with E-state index in [9.17, 15) is 8.78 Å². The Bertz CT molecular complexity index is 1040. The van der Waals surface area contributed by atoms with E-state index in [2.05, 4.69) is 41.8 Å². The van der Waals surface area contributed by atoms with Crippen LogP contribution in [0.25, 0.3) is 11.2 Å². The summed E-state index contributed by atoms with van der Waals surface area (Å²) in [4.78, 5) is 22.5. The Balaban J connectivity index is 1.26. The molecule has 0 N–H and O–H groups in total. The molecule has 0 radical (unpaired) electrons. The van der Waals surface area contributed by atoms with Crippen LogP contribution in [0, 0.1) is 5.41 Å². The van der Waals surface area contributed by atoms with E-state index in [4.69, 9.17) is 0 Å². The molecular formula is C21H26F2N8. The molecule has 0 unspecified atom stereocenters. The predicted octanol–water partition coefficient (Wildman–Crippen LogP) is 2.94. The molecule has 0 bridgehead atoms. The molecule has 2 saturated heterocycles. The van der Waals surface area contributed by atoms with Crippen molar-refractivity contribution in [2.45, 2.75) is 45.6 Å². The third kappa shape index (κ3) is 3.90. The smallest absolute Gasteiger partial charge is 0.258 e. The fourth-order valence-corrected chi connectivity index (χ4v) is 4.72. The quantitative estimate of drug-likeness (QED) is 0.618. The van der Waals surface area contributed by atoms with Crippen molar-refractivity contribution in [2.75, 3.05) is 36.0 Å². The molecule has 0 saturated carbocycles. The van der Waals surface area contributed by atoms with E-state index < -0.39 is 13.0 Å². The summed E-state index contributed by atoms with van der Waals surface area (Å²) in [7, 11) is 0. The highest BCUT2D eigenvalue weighted by Gasteiger charge is 2.41. The van der Waals surface area contributed by atoms with E-state index in [1.165, 1.54) is 10.9 Å². The van der Waals surface area contributed by atoms with Gasteiger partial charge in [-0.15, -0.1) is 0 Å². The average molecular weight is 428 g/mol. The first-order valence-corrected chi connectivity index (χ1v) is 10.8. The van der Waals surface area contributed by atoms with Crippen molar-refractivity contribution in [3.8, 4) is 0 Å². The molecule has 8 nitrogen and oxygen atoms in total. The third-order valence-electron chi connectivity index (χ3n) is 6.60. The van der Waals surface area contributed by atoms with E-state index in [0.717, 1.165) is 69.2 Å². The Kier molecular flexibility index (Phi) is 5.15. The van der Waals surface area contributed by atoms with Crippen molar-refractivity contribution < 1.29 is 8.78 Å². The maximum absolute atomic E-state index is 12.8. The van der Waals surface area contributed by atoms with Crippen LogP contribution in [0.15, 0.2) is 24.8 Å². The first-order valence-electron chi connectivity index (χ1n) is 10.8. The van der Waals surface area contributed by atoms with Crippen molar-refractivity contribution in [1.82, 2.24) is 29.7 Å². The zero-order chi connectivity index (χ0) is 21.4. The summed E-state index contributed by atoms with van der Waals surface area (Å²) in [6.45, 7) is 5.38. The molecule has 0 aromatic carbocycles. The molecule has 0 aliphatic carbocycles. The number of hydrogen-bond acceptors (Lipinski definition) is 7. The number of rotatable bonds is 5. The highest BCUT2D eigenvalue weighted by molar-refractivity contribution is 5.71. The molecule has 2 fully saturated rings. The van der Waals surface area contributed by atoms with Crippen LogP contribution in [-0.2, 0) is 13.0 Å². The average Bonchev–Trinajstić information content (AvgIpc) is 3.38. The molecular weight excluding hydrogens is 402 g/mol. The van der Waals surface area contributed by atoms with Gasteiger partial charge in [0.1, 0.15) is 23.7 Å². The van der Waals surface area contributed by atoms with Gasteiger partial charge in [0.2, 0.25) is 0 Å². The van der Waals surface area contributed by atoms with E-state index in [-0.39, 0.29) is 5.41 Å². The highest BCUT2D eigenvalue weighted by atomic mass is 19.3. The molecule has 0 atom stereocenters. The second kappa shape index (κ2) is 7.97. The maximum atomic E-state index is 12.8. The van der Waals surface area contributed by atoms with Gasteiger partial charge in [-0.3, -0.25) is 0 Å². The van der Waals surface area contributed by atoms with Gasteiger partial charge in [-0.25, -0.2) is 33.4 Å². The number of anilines is 2. The van der Waals surface area contributed by atoms with Gasteiger partial charge >= 0.3 is 0 Å². The van der Waals surface area contributed by atoms with Crippen molar-refractivity contribution in [2.24, 2.45) is 5.41 Å². The van der Waals surface area contributed by atoms with Crippen LogP contribution in [-0.4, -0.2) is 62.3 Å². The number of piperidine rings is 1. The van der Waals surface area contributed by atoms with Crippen LogP contribution < -0.4 is 9.80 Å². The molecule has 0 amide bonds. The summed E-state index contributed by atoms with van der Waals surface area (Å²) < 4.78 is 26.9. The third-order valence-corrected chi connectivity index (χ3v) is 6.60. The van der Waals surface area contributed by atoms with Crippen molar-refractivity contribution in [3.63, 3.8) is 0 Å². The lowest BCUT2D eigenvalue weighted by Gasteiger charge is -2.39. The molecule has 164 valence electrons. The first kappa shape index (κ1) is 20.0. The monoisotopic (exact) mass is 428 g/mol. The summed E-state index contributed by atoms with van der Waals surface area (Å²) in [5.74, 6) is 1.61. The molecule has 2 aliphatic heterocycles. The molecule has 5 heterocycles. The van der Waals surface area contributed by atoms with Crippen LogP contribution in [0.4, 0.5) is 20.3 Å². The van der Waals surface area contributed by atoms with Gasteiger partial charge < -0.3 is 9.80 Å². The standard InChI is InChI=1S/C21H26F2N8/c1-2-18-25-9-15(10-26-18)30-8-5-21(14-30)3-6-29(7-4-21)19-12-24-16-11-27-31(13-17(22)23)20(16)28-19/h9-12,17H,2-8,13-14H2,1H3. The van der Waals surface area contributed by atoms with Gasteiger partial charge in [0.25, 0.3) is 6.43 Å². The van der Waals surface area contributed by atoms with Crippen LogP contribution >= 0.6 is 0 Å². The van der Waals surface area contributed by atoms with E-state index >= 15 is 0 Å². The van der Waals surface area contributed by atoms with Gasteiger partial charge in [-0.1, -0.05) is 6.92 Å². The number of aromatic nitrogens is 6. The molecule has 3 aromatic heterocycles. The molecule has 5 rings (SSSR count). The van der Waals surface area contributed by atoms with Crippen LogP contribution in [0.1, 0.15) is 32.0 Å². The van der Waals surface area contributed by atoms with Gasteiger partial charge in [0.05, 0.1) is 30.5 Å². The second-order valence-corrected chi connectivity index (χ2v) is 8.52. The molecule has 2 aliphatic rings. The minimum absolute atomic E-state index is 0.287. The fourth-order valence-electron chi connectivity index (χ4n) is 4.72. The Hall–Kier alpha value is -2.91. The lowest BCUT2D eigenvalue weighted by molar-refractivity contribution is 0.123. The van der Waals surface area contributed by atoms with Crippen LogP contribution in [0.3, 0.4) is 0 Å². The maximum Gasteiger partial charge on any atom is 0.258 e. The molecule has 10 heteroatoms. The molecule has 3 aromatic rings. The Morgan fingerprint density at radius 2 is 1.68 bits per heavy atom. The van der Waals surface area contributed by atoms with Crippen molar-refractivity contribution in [1.29, 1.82) is 0 Å². The van der Waals surface area contributed by atoms with Crippen LogP contribution in [0.2, 0.25) is 0 Å². The number of alkyl halides is 2. The van der Waals surface area contributed by atoms with Gasteiger partial charge in [0, 0.05) is 32.6 Å². The number of nitrogens with zero attached hydrogens (tertiary/aromatic N) is 8. The Morgan fingerprint density at radius 3 is 2.35 bits per heavy atom. The zero-order valence-corrected chi connectivity index (χ0v) is 17.6. The van der Waals surface area contributed by atoms with Crippen molar-refractivity contribution in [3.05, 3.63) is 30.6 Å². The largest absolute Gasteiger partial charge is 0.368 e. The summed E-state index contributed by atoms with van der Waals surface area (Å²) in [6, 6.07) is 0. The molecule has 1 spiro atoms. The fraction of sp³-hybridized carbons (Fsp3) is 0.571. The summed E-state index contributed by atoms with van der Waals surface area (Å²) in [6.07, 6.45) is 8.74. The van der Waals surface area contributed by atoms with Crippen LogP contribution in [0.5, 0.6) is 0 Å². The number of fused-ring (bicyclic) bond motifs is 1. The minimum Gasteiger partial charge on any atom is -0.368 e. The summed E-state index contributed by atoms with van der Waals surface area (Å²) >= 11 is 0. The topological polar surface area (TPSA) is 75.9 Å². The second-order valence-electron chi connectivity index (χ2n) is 8.52. The predicted molar refractivity (Wildman–Crippen MR) is 113 cm³/mol.